The first-order valence-electron chi connectivity index (χ1n) is 13.7. The lowest BCUT2D eigenvalue weighted by Gasteiger charge is -2.43. The average Bonchev–Trinajstić information content (AvgIpc) is 3.89. The summed E-state index contributed by atoms with van der Waals surface area (Å²) < 4.78 is 45.1. The predicted molar refractivity (Wildman–Crippen MR) is 146 cm³/mol. The third-order valence-corrected chi connectivity index (χ3v) is 10.5. The molecule has 3 fully saturated rings. The van der Waals surface area contributed by atoms with Crippen LogP contribution in [-0.2, 0) is 21.6 Å². The summed E-state index contributed by atoms with van der Waals surface area (Å²) in [6, 6.07) is 10.3. The number of methoxy groups -OCH3 is 1. The van der Waals surface area contributed by atoms with Crippen molar-refractivity contribution in [2.45, 2.75) is 35.1 Å². The first-order valence-corrected chi connectivity index (χ1v) is 14.7. The minimum Gasteiger partial charge on any atom is -0.451 e. The molecule has 4 heterocycles. The van der Waals surface area contributed by atoms with Gasteiger partial charge < -0.3 is 19.1 Å². The molecule has 1 N–H and O–H groups in total. The largest absolute Gasteiger partial charge is 0.510 e. The van der Waals surface area contributed by atoms with Gasteiger partial charge in [-0.2, -0.15) is 0 Å². The van der Waals surface area contributed by atoms with E-state index >= 15 is 0 Å². The highest BCUT2D eigenvalue weighted by Crippen LogP contribution is 2.74. The molecule has 1 amide bonds. The minimum atomic E-state index is -0.974. The van der Waals surface area contributed by atoms with E-state index in [1.807, 2.05) is 17.0 Å². The van der Waals surface area contributed by atoms with Crippen molar-refractivity contribution in [3.63, 3.8) is 0 Å². The molecule has 2 aromatic carbocycles. The van der Waals surface area contributed by atoms with Crippen LogP contribution in [0.15, 0.2) is 52.3 Å². The van der Waals surface area contributed by atoms with E-state index in [4.69, 9.17) is 9.47 Å². The van der Waals surface area contributed by atoms with Crippen molar-refractivity contribution in [2.24, 2.45) is 17.8 Å². The lowest BCUT2D eigenvalue weighted by Crippen LogP contribution is -2.60. The minimum absolute atomic E-state index is 0.0407. The molecule has 5 atom stereocenters. The van der Waals surface area contributed by atoms with Crippen molar-refractivity contribution < 1.29 is 32.6 Å². The Labute approximate surface area is 242 Å². The van der Waals surface area contributed by atoms with Gasteiger partial charge >= 0.3 is 6.16 Å². The van der Waals surface area contributed by atoms with E-state index < -0.39 is 35.7 Å². The van der Waals surface area contributed by atoms with E-state index in [1.54, 1.807) is 10.7 Å². The van der Waals surface area contributed by atoms with E-state index in [-0.39, 0.29) is 29.2 Å². The Morgan fingerprint density at radius 1 is 1.17 bits per heavy atom. The van der Waals surface area contributed by atoms with Crippen molar-refractivity contribution in [3.05, 3.63) is 92.4 Å². The number of ether oxygens (including phenoxy) is 3. The van der Waals surface area contributed by atoms with Gasteiger partial charge in [-0.15, -0.1) is 11.8 Å². The third kappa shape index (κ3) is 3.50. The summed E-state index contributed by atoms with van der Waals surface area (Å²) in [7, 11) is 1.15. The Morgan fingerprint density at radius 3 is 2.86 bits per heavy atom. The molecule has 42 heavy (non-hydrogen) atoms. The molecule has 3 unspecified atom stereocenters. The van der Waals surface area contributed by atoms with Gasteiger partial charge in [0.15, 0.2) is 17.3 Å². The SMILES string of the molecule is COC(=O)OCOc1c2n(ccc1=O)N[C@@]13C(c4cccc5c4Cc4ccc(F)c(F)c4CS5)[C@@H]1C1CC1CN3C2=O. The molecule has 0 bridgehead atoms. The lowest BCUT2D eigenvalue weighted by atomic mass is 9.93. The molecule has 3 aliphatic heterocycles. The zero-order chi connectivity index (χ0) is 28.9. The number of halogens is 2. The fraction of sp³-hybridized carbons (Fsp3) is 0.367. The maximum Gasteiger partial charge on any atom is 0.510 e. The molecule has 3 aromatic rings. The van der Waals surface area contributed by atoms with Gasteiger partial charge in [0.2, 0.25) is 18.0 Å². The highest BCUT2D eigenvalue weighted by molar-refractivity contribution is 7.98. The number of pyridine rings is 1. The number of carbonyl (C=O) groups is 2. The standard InChI is InChI=1S/C30H25F2N3O6S/c1-39-29(38)41-13-40-27-21(36)7-8-35-26(27)28(37)34-11-15-10-17(15)24-23(30(24,34)33-35)16-3-2-4-22-18(16)9-14-5-6-20(31)25(32)19(14)12-42-22/h2-8,15,17,23-24,33H,9-13H2,1H3/t15?,17?,23?,24-,30+/m0/s1. The number of aromatic nitrogens is 1. The van der Waals surface area contributed by atoms with Gasteiger partial charge in [-0.05, 0) is 53.5 Å². The summed E-state index contributed by atoms with van der Waals surface area (Å²) in [6.07, 6.45) is 2.03. The van der Waals surface area contributed by atoms with Crippen LogP contribution in [0.5, 0.6) is 5.75 Å². The predicted octanol–water partition coefficient (Wildman–Crippen LogP) is 4.20. The topological polar surface area (TPSA) is 99.1 Å². The number of rotatable bonds is 4. The van der Waals surface area contributed by atoms with E-state index in [0.717, 1.165) is 35.1 Å². The Bertz CT molecular complexity index is 1760. The molecular formula is C30H25F2N3O6S. The van der Waals surface area contributed by atoms with Crippen LogP contribution in [0.4, 0.5) is 13.6 Å². The zero-order valence-corrected chi connectivity index (χ0v) is 23.2. The smallest absolute Gasteiger partial charge is 0.451 e. The van der Waals surface area contributed by atoms with Crippen LogP contribution in [0.2, 0.25) is 0 Å². The molecule has 5 aliphatic rings. The second-order valence-corrected chi connectivity index (χ2v) is 12.4. The summed E-state index contributed by atoms with van der Waals surface area (Å²) in [5.74, 6) is -0.929. The van der Waals surface area contributed by atoms with Gasteiger partial charge in [-0.1, -0.05) is 18.2 Å². The lowest BCUT2D eigenvalue weighted by molar-refractivity contribution is 0.0131. The van der Waals surface area contributed by atoms with E-state index in [9.17, 15) is 23.2 Å². The van der Waals surface area contributed by atoms with Crippen molar-refractivity contribution in [1.29, 1.82) is 0 Å². The van der Waals surface area contributed by atoms with E-state index in [0.29, 0.717) is 36.1 Å². The Kier molecular flexibility index (Phi) is 5.47. The van der Waals surface area contributed by atoms with Gasteiger partial charge in [0.25, 0.3) is 5.91 Å². The number of hydrogen-bond acceptors (Lipinski definition) is 8. The summed E-state index contributed by atoms with van der Waals surface area (Å²) in [5.41, 5.74) is 5.71. The molecule has 1 spiro atoms. The van der Waals surface area contributed by atoms with Crippen LogP contribution in [0.1, 0.15) is 45.1 Å². The number of hydrogen-bond donors (Lipinski definition) is 1. The maximum absolute atomic E-state index is 14.7. The number of nitrogens with one attached hydrogen (secondary N) is 1. The number of fused-ring (bicyclic) bond motifs is 5. The maximum atomic E-state index is 14.7. The number of amides is 1. The second kappa shape index (κ2) is 8.97. The Morgan fingerprint density at radius 2 is 2.02 bits per heavy atom. The van der Waals surface area contributed by atoms with Gasteiger partial charge in [-0.25, -0.2) is 13.6 Å². The van der Waals surface area contributed by atoms with E-state index in [2.05, 4.69) is 16.2 Å². The molecule has 2 saturated carbocycles. The first-order chi connectivity index (χ1) is 20.3. The highest BCUT2D eigenvalue weighted by Gasteiger charge is 2.80. The van der Waals surface area contributed by atoms with Crippen LogP contribution in [0.25, 0.3) is 0 Å². The van der Waals surface area contributed by atoms with Crippen LogP contribution >= 0.6 is 11.8 Å². The van der Waals surface area contributed by atoms with Crippen molar-refractivity contribution in [2.75, 3.05) is 25.9 Å². The molecule has 1 aromatic heterocycles. The first kappa shape index (κ1) is 25.6. The Balaban J connectivity index is 1.19. The van der Waals surface area contributed by atoms with Crippen LogP contribution in [0, 0.1) is 29.4 Å². The highest BCUT2D eigenvalue weighted by atomic mass is 32.2. The fourth-order valence-corrected chi connectivity index (χ4v) is 8.63. The molecule has 2 aliphatic carbocycles. The van der Waals surface area contributed by atoms with Crippen molar-refractivity contribution in [3.8, 4) is 5.75 Å². The monoisotopic (exact) mass is 593 g/mol. The van der Waals surface area contributed by atoms with Crippen LogP contribution in [0.3, 0.4) is 0 Å². The van der Waals surface area contributed by atoms with Gasteiger partial charge in [0.1, 0.15) is 5.66 Å². The average molecular weight is 594 g/mol. The molecule has 8 rings (SSSR count). The normalized spacial score (nSPS) is 27.5. The fourth-order valence-electron chi connectivity index (χ4n) is 7.48. The van der Waals surface area contributed by atoms with Crippen molar-refractivity contribution in [1.82, 2.24) is 9.58 Å². The zero-order valence-electron chi connectivity index (χ0n) is 22.4. The van der Waals surface area contributed by atoms with Gasteiger partial charge in [0, 0.05) is 46.9 Å². The molecule has 1 saturated heterocycles. The summed E-state index contributed by atoms with van der Waals surface area (Å²) >= 11 is 1.50. The Hall–Kier alpha value is -4.06. The summed E-state index contributed by atoms with van der Waals surface area (Å²) in [6.45, 7) is -0.0468. The summed E-state index contributed by atoms with van der Waals surface area (Å²) in [4.78, 5) is 41.2. The molecule has 12 heteroatoms. The van der Waals surface area contributed by atoms with Crippen LogP contribution in [-0.4, -0.2) is 47.7 Å². The van der Waals surface area contributed by atoms with Crippen molar-refractivity contribution >= 4 is 23.8 Å². The van der Waals surface area contributed by atoms with E-state index in [1.165, 1.54) is 30.1 Å². The quantitative estimate of drug-likeness (QED) is 0.355. The van der Waals surface area contributed by atoms with Gasteiger partial charge in [-0.3, -0.25) is 19.7 Å². The molecule has 216 valence electrons. The number of piperidine rings is 1. The number of nitrogens with zero attached hydrogens (tertiary/aromatic N) is 2. The van der Waals surface area contributed by atoms with Crippen LogP contribution < -0.4 is 15.6 Å². The number of thioether (sulfide) groups is 1. The molecule has 9 nitrogen and oxygen atoms in total. The molecular weight excluding hydrogens is 568 g/mol. The second-order valence-electron chi connectivity index (χ2n) is 11.4. The third-order valence-electron chi connectivity index (χ3n) is 9.42. The number of carbonyl (C=O) groups excluding carboxylic acids is 2. The summed E-state index contributed by atoms with van der Waals surface area (Å²) in [5, 5.41) is 0. The van der Waals surface area contributed by atoms with Gasteiger partial charge in [0.05, 0.1) is 7.11 Å². The molecule has 0 radical (unpaired) electrons. The number of benzene rings is 2.